The molecule has 0 aliphatic rings. The van der Waals surface area contributed by atoms with Gasteiger partial charge in [-0.05, 0) is 36.0 Å². The van der Waals surface area contributed by atoms with E-state index < -0.39 is 12.0 Å². The van der Waals surface area contributed by atoms with E-state index >= 15 is 0 Å². The van der Waals surface area contributed by atoms with Crippen LogP contribution in [0, 0.1) is 5.41 Å². The van der Waals surface area contributed by atoms with Crippen molar-refractivity contribution in [2.45, 2.75) is 46.2 Å². The fourth-order valence-corrected chi connectivity index (χ4v) is 2.33. The minimum atomic E-state index is -0.801. The number of nitrogens with zero attached hydrogens (tertiary/aromatic N) is 3. The highest BCUT2D eigenvalue weighted by Gasteiger charge is 2.20. The summed E-state index contributed by atoms with van der Waals surface area (Å²) in [5.74, 6) is -0.801. The van der Waals surface area contributed by atoms with Gasteiger partial charge in [0, 0.05) is 13.6 Å². The first-order valence-corrected chi connectivity index (χ1v) is 7.51. The van der Waals surface area contributed by atoms with Crippen molar-refractivity contribution < 1.29 is 9.90 Å². The van der Waals surface area contributed by atoms with E-state index in [0.717, 1.165) is 23.0 Å². The largest absolute Gasteiger partial charge is 0.480 e. The van der Waals surface area contributed by atoms with Crippen LogP contribution in [0.5, 0.6) is 0 Å². The number of nitrogens with one attached hydrogen (secondary N) is 1. The number of carboxylic acids is 1. The molecule has 2 rings (SSSR count). The summed E-state index contributed by atoms with van der Waals surface area (Å²) in [5.41, 5.74) is 2.93. The van der Waals surface area contributed by atoms with Crippen LogP contribution in [0.25, 0.3) is 11.0 Å². The van der Waals surface area contributed by atoms with E-state index in [1.165, 1.54) is 0 Å². The van der Waals surface area contributed by atoms with Gasteiger partial charge in [0.2, 0.25) is 0 Å². The normalized spacial score (nSPS) is 13.5. The summed E-state index contributed by atoms with van der Waals surface area (Å²) in [6.07, 6.45) is 1.48. The van der Waals surface area contributed by atoms with Crippen LogP contribution in [0.1, 0.15) is 39.2 Å². The first-order chi connectivity index (χ1) is 10.3. The summed E-state index contributed by atoms with van der Waals surface area (Å²) in [5, 5.41) is 20.5. The molecule has 1 aromatic heterocycles. The van der Waals surface area contributed by atoms with Crippen LogP contribution in [-0.2, 0) is 18.4 Å². The van der Waals surface area contributed by atoms with E-state index in [1.54, 1.807) is 4.68 Å². The molecule has 1 atom stereocenters. The number of carbonyl (C=O) groups is 1. The molecule has 0 saturated carbocycles. The molecular formula is C16H24N4O2. The molecule has 0 radical (unpaired) electrons. The van der Waals surface area contributed by atoms with Crippen molar-refractivity contribution in [2.75, 3.05) is 0 Å². The van der Waals surface area contributed by atoms with Crippen molar-refractivity contribution >= 4 is 17.0 Å². The van der Waals surface area contributed by atoms with Crippen LogP contribution < -0.4 is 5.32 Å². The predicted octanol–water partition coefficient (Wildman–Crippen LogP) is 2.34. The fraction of sp³-hybridized carbons (Fsp3) is 0.562. The van der Waals surface area contributed by atoms with Crippen molar-refractivity contribution in [3.8, 4) is 0 Å². The van der Waals surface area contributed by atoms with Crippen molar-refractivity contribution in [2.24, 2.45) is 12.5 Å². The molecule has 6 heteroatoms. The van der Waals surface area contributed by atoms with E-state index in [1.807, 2.05) is 25.2 Å². The summed E-state index contributed by atoms with van der Waals surface area (Å²) in [6, 6.07) is 5.34. The number of rotatable bonds is 6. The zero-order chi connectivity index (χ0) is 16.3. The molecule has 0 amide bonds. The van der Waals surface area contributed by atoms with Crippen LogP contribution in [0.3, 0.4) is 0 Å². The minimum absolute atomic E-state index is 0.133. The lowest BCUT2D eigenvalue weighted by molar-refractivity contribution is -0.139. The van der Waals surface area contributed by atoms with E-state index in [9.17, 15) is 9.90 Å². The van der Waals surface area contributed by atoms with Gasteiger partial charge in [-0.2, -0.15) is 0 Å². The van der Waals surface area contributed by atoms with Gasteiger partial charge in [0.25, 0.3) is 0 Å². The SMILES string of the molecule is Cn1nnc2cc(CNC(CCC(C)(C)C)C(=O)O)ccc21. The molecule has 0 bridgehead atoms. The number of aromatic nitrogens is 3. The van der Waals surface area contributed by atoms with Crippen LogP contribution in [0.15, 0.2) is 18.2 Å². The Morgan fingerprint density at radius 3 is 2.77 bits per heavy atom. The number of hydrogen-bond donors (Lipinski definition) is 2. The molecule has 2 N–H and O–H groups in total. The van der Waals surface area contributed by atoms with Gasteiger partial charge in [-0.3, -0.25) is 4.79 Å². The molecule has 0 spiro atoms. The number of hydrogen-bond acceptors (Lipinski definition) is 4. The second-order valence-electron chi connectivity index (χ2n) is 6.91. The Hall–Kier alpha value is -1.95. The number of aryl methyl sites for hydroxylation is 1. The number of carboxylic acid groups (broad SMARTS) is 1. The van der Waals surface area contributed by atoms with Crippen molar-refractivity contribution in [3.63, 3.8) is 0 Å². The highest BCUT2D eigenvalue weighted by atomic mass is 16.4. The first kappa shape index (κ1) is 16.4. The van der Waals surface area contributed by atoms with Crippen molar-refractivity contribution in [3.05, 3.63) is 23.8 Å². The first-order valence-electron chi connectivity index (χ1n) is 7.51. The minimum Gasteiger partial charge on any atom is -0.480 e. The fourth-order valence-electron chi connectivity index (χ4n) is 2.33. The van der Waals surface area contributed by atoms with E-state index in [2.05, 4.69) is 36.4 Å². The zero-order valence-electron chi connectivity index (χ0n) is 13.6. The molecular weight excluding hydrogens is 280 g/mol. The summed E-state index contributed by atoms with van der Waals surface area (Å²) in [6.45, 7) is 6.86. The summed E-state index contributed by atoms with van der Waals surface area (Å²) in [4.78, 5) is 11.4. The van der Waals surface area contributed by atoms with Crippen LogP contribution in [0.4, 0.5) is 0 Å². The monoisotopic (exact) mass is 304 g/mol. The topological polar surface area (TPSA) is 80.0 Å². The highest BCUT2D eigenvalue weighted by Crippen LogP contribution is 2.22. The van der Waals surface area contributed by atoms with Gasteiger partial charge in [0.05, 0.1) is 5.52 Å². The third-order valence-electron chi connectivity index (χ3n) is 3.71. The van der Waals surface area contributed by atoms with Crippen molar-refractivity contribution in [1.82, 2.24) is 20.3 Å². The van der Waals surface area contributed by atoms with Gasteiger partial charge >= 0.3 is 5.97 Å². The number of aliphatic carboxylic acids is 1. The highest BCUT2D eigenvalue weighted by molar-refractivity contribution is 5.75. The van der Waals surface area contributed by atoms with Crippen molar-refractivity contribution in [1.29, 1.82) is 0 Å². The standard InChI is InChI=1S/C16H24N4O2/c1-16(2,3)8-7-12(15(21)22)17-10-11-5-6-14-13(9-11)18-19-20(14)4/h5-6,9,12,17H,7-8,10H2,1-4H3,(H,21,22). The Morgan fingerprint density at radius 1 is 1.41 bits per heavy atom. The lowest BCUT2D eigenvalue weighted by atomic mass is 9.88. The predicted molar refractivity (Wildman–Crippen MR) is 85.5 cm³/mol. The quantitative estimate of drug-likeness (QED) is 0.856. The maximum atomic E-state index is 11.4. The number of benzene rings is 1. The number of fused-ring (bicyclic) bond motifs is 1. The Balaban J connectivity index is 1.99. The van der Waals surface area contributed by atoms with Gasteiger partial charge in [-0.15, -0.1) is 5.10 Å². The van der Waals surface area contributed by atoms with Gasteiger partial charge in [0.1, 0.15) is 11.6 Å². The van der Waals surface area contributed by atoms with Gasteiger partial charge in [-0.25, -0.2) is 4.68 Å². The molecule has 120 valence electrons. The maximum Gasteiger partial charge on any atom is 0.320 e. The van der Waals surface area contributed by atoms with Gasteiger partial charge in [-0.1, -0.05) is 32.1 Å². The molecule has 1 aromatic carbocycles. The molecule has 1 unspecified atom stereocenters. The maximum absolute atomic E-state index is 11.4. The molecule has 2 aromatic rings. The lowest BCUT2D eigenvalue weighted by Gasteiger charge is -2.21. The molecule has 0 fully saturated rings. The Bertz CT molecular complexity index is 658. The zero-order valence-corrected chi connectivity index (χ0v) is 13.6. The second-order valence-corrected chi connectivity index (χ2v) is 6.91. The van der Waals surface area contributed by atoms with Gasteiger partial charge < -0.3 is 10.4 Å². The molecule has 1 heterocycles. The molecule has 0 saturated heterocycles. The molecule has 22 heavy (non-hydrogen) atoms. The average molecular weight is 304 g/mol. The van der Waals surface area contributed by atoms with E-state index in [4.69, 9.17) is 0 Å². The Labute approximate surface area is 130 Å². The summed E-state index contributed by atoms with van der Waals surface area (Å²) in [7, 11) is 1.85. The summed E-state index contributed by atoms with van der Waals surface area (Å²) < 4.78 is 1.72. The smallest absolute Gasteiger partial charge is 0.320 e. The van der Waals surface area contributed by atoms with Crippen LogP contribution in [-0.4, -0.2) is 32.1 Å². The van der Waals surface area contributed by atoms with Crippen LogP contribution in [0.2, 0.25) is 0 Å². The molecule has 0 aliphatic heterocycles. The molecule has 0 aliphatic carbocycles. The summed E-state index contributed by atoms with van der Waals surface area (Å²) >= 11 is 0. The Kier molecular flexibility index (Phi) is 4.81. The second kappa shape index (κ2) is 6.44. The lowest BCUT2D eigenvalue weighted by Crippen LogP contribution is -2.37. The van der Waals surface area contributed by atoms with Crippen LogP contribution >= 0.6 is 0 Å². The molecule has 6 nitrogen and oxygen atoms in total. The average Bonchev–Trinajstić information content (AvgIpc) is 2.78. The third-order valence-corrected chi connectivity index (χ3v) is 3.71. The third kappa shape index (κ3) is 4.27. The Morgan fingerprint density at radius 2 is 2.14 bits per heavy atom. The van der Waals surface area contributed by atoms with E-state index in [0.29, 0.717) is 13.0 Å². The van der Waals surface area contributed by atoms with Gasteiger partial charge in [0.15, 0.2) is 0 Å². The van der Waals surface area contributed by atoms with E-state index in [-0.39, 0.29) is 5.41 Å².